The number of ketones is 1. The number of piperidine rings is 1. The Hall–Kier alpha value is -1.39. The van der Waals surface area contributed by atoms with Crippen molar-refractivity contribution in [1.82, 2.24) is 4.31 Å². The van der Waals surface area contributed by atoms with Gasteiger partial charge < -0.3 is 0 Å². The minimum atomic E-state index is -2.43. The number of carbonyl (C=O) groups is 1. The summed E-state index contributed by atoms with van der Waals surface area (Å²) in [5.41, 5.74) is 1.14. The highest BCUT2D eigenvalue weighted by Crippen LogP contribution is 2.35. The highest BCUT2D eigenvalue weighted by molar-refractivity contribution is 7.98. The number of Topliss-reactive ketones (excluding diaryl/α,β-unsaturated/α-hetero) is 1. The molecule has 1 aromatic carbocycles. The van der Waals surface area contributed by atoms with Gasteiger partial charge in [-0.1, -0.05) is 36.4 Å². The van der Waals surface area contributed by atoms with E-state index in [-0.39, 0.29) is 17.7 Å². The Morgan fingerprint density at radius 1 is 1.38 bits per heavy atom. The fourth-order valence-corrected chi connectivity index (χ4v) is 4.63. The Morgan fingerprint density at radius 3 is 2.62 bits per heavy atom. The molecule has 0 bridgehead atoms. The molecule has 0 N–H and O–H groups in total. The fraction of sp³-hybridized carbons (Fsp3) is 0.412. The zero-order valence-corrected chi connectivity index (χ0v) is 13.3. The van der Waals surface area contributed by atoms with Gasteiger partial charge in [0.15, 0.2) is 0 Å². The van der Waals surface area contributed by atoms with Gasteiger partial charge in [0, 0.05) is 34.0 Å². The van der Waals surface area contributed by atoms with Crippen LogP contribution in [0.2, 0.25) is 0 Å². The van der Waals surface area contributed by atoms with Crippen LogP contribution in [-0.4, -0.2) is 32.5 Å². The molecule has 2 rings (SSSR count). The van der Waals surface area contributed by atoms with Crippen LogP contribution in [0.4, 0.5) is 0 Å². The lowest BCUT2D eigenvalue weighted by Crippen LogP contribution is -2.44. The van der Waals surface area contributed by atoms with Crippen molar-refractivity contribution < 1.29 is 9.00 Å². The van der Waals surface area contributed by atoms with E-state index in [1.54, 1.807) is 13.0 Å². The van der Waals surface area contributed by atoms with E-state index in [1.165, 1.54) is 0 Å². The lowest BCUT2D eigenvalue weighted by atomic mass is 9.89. The van der Waals surface area contributed by atoms with Crippen LogP contribution < -0.4 is 0 Å². The van der Waals surface area contributed by atoms with Crippen molar-refractivity contribution in [2.24, 2.45) is 5.92 Å². The third-order valence-electron chi connectivity index (χ3n) is 4.10. The van der Waals surface area contributed by atoms with Gasteiger partial charge in [-0.25, -0.2) is 4.31 Å². The standard InChI is InChI=1S/C17H23NO2S/c1-4-12-21(3,20)18-13-16(14(2)19)10-11-17(18)15-8-6-5-7-9-15/h4-9,16-17H,1,3,10-13H2,2H3/t16-,17?,21?/m1/s1. The molecule has 1 fully saturated rings. The van der Waals surface area contributed by atoms with Crippen molar-refractivity contribution in [3.05, 3.63) is 48.6 Å². The van der Waals surface area contributed by atoms with Crippen LogP contribution in [-0.2, 0) is 14.5 Å². The number of benzene rings is 1. The van der Waals surface area contributed by atoms with Gasteiger partial charge in [0.05, 0.1) is 0 Å². The second kappa shape index (κ2) is 6.58. The third-order valence-corrected chi connectivity index (χ3v) is 6.12. The first-order valence-corrected chi connectivity index (χ1v) is 9.09. The van der Waals surface area contributed by atoms with Crippen LogP contribution in [0, 0.1) is 5.92 Å². The van der Waals surface area contributed by atoms with Gasteiger partial charge >= 0.3 is 0 Å². The molecule has 4 heteroatoms. The van der Waals surface area contributed by atoms with E-state index in [0.717, 1.165) is 18.4 Å². The van der Waals surface area contributed by atoms with Crippen LogP contribution in [0.15, 0.2) is 43.0 Å². The molecule has 21 heavy (non-hydrogen) atoms. The molecule has 3 atom stereocenters. The van der Waals surface area contributed by atoms with Gasteiger partial charge in [-0.2, -0.15) is 0 Å². The van der Waals surface area contributed by atoms with Gasteiger partial charge in [0.1, 0.15) is 5.78 Å². The zero-order valence-electron chi connectivity index (χ0n) is 12.5. The molecule has 0 aromatic heterocycles. The molecule has 1 aromatic rings. The average Bonchev–Trinajstić information content (AvgIpc) is 2.47. The number of rotatable bonds is 5. The summed E-state index contributed by atoms with van der Waals surface area (Å²) in [4.78, 5) is 11.7. The molecule has 0 amide bonds. The van der Waals surface area contributed by atoms with E-state index < -0.39 is 9.71 Å². The Bertz CT molecular complexity index is 607. The second-order valence-corrected chi connectivity index (χ2v) is 7.99. The second-order valence-electron chi connectivity index (χ2n) is 5.64. The number of nitrogens with zero attached hydrogens (tertiary/aromatic N) is 1. The summed E-state index contributed by atoms with van der Waals surface area (Å²) in [7, 11) is -2.43. The first-order chi connectivity index (χ1) is 9.95. The zero-order chi connectivity index (χ0) is 15.5. The SMILES string of the molecule is C=CCS(=C)(=O)N1C[C@H](C(C)=O)CCC1c1ccccc1. The lowest BCUT2D eigenvalue weighted by Gasteiger charge is -2.40. The summed E-state index contributed by atoms with van der Waals surface area (Å²) >= 11 is 0. The molecular formula is C17H23NO2S. The van der Waals surface area contributed by atoms with E-state index >= 15 is 0 Å². The molecule has 1 saturated heterocycles. The Labute approximate surface area is 127 Å². The molecule has 0 saturated carbocycles. The van der Waals surface area contributed by atoms with E-state index in [2.05, 4.69) is 24.6 Å². The van der Waals surface area contributed by atoms with Crippen LogP contribution in [0.5, 0.6) is 0 Å². The maximum Gasteiger partial charge on any atom is 0.134 e. The molecular weight excluding hydrogens is 282 g/mol. The minimum Gasteiger partial charge on any atom is -0.300 e. The van der Waals surface area contributed by atoms with E-state index in [0.29, 0.717) is 12.3 Å². The van der Waals surface area contributed by atoms with Crippen molar-refractivity contribution in [2.75, 3.05) is 12.3 Å². The van der Waals surface area contributed by atoms with Crippen LogP contribution in [0.25, 0.3) is 0 Å². The molecule has 1 aliphatic rings. The molecule has 0 radical (unpaired) electrons. The fourth-order valence-electron chi connectivity index (χ4n) is 2.93. The molecule has 1 heterocycles. The predicted octanol–water partition coefficient (Wildman–Crippen LogP) is 2.85. The van der Waals surface area contributed by atoms with Gasteiger partial charge in [0.2, 0.25) is 0 Å². The molecule has 2 unspecified atom stereocenters. The van der Waals surface area contributed by atoms with Crippen molar-refractivity contribution in [2.45, 2.75) is 25.8 Å². The Kier molecular flexibility index (Phi) is 5.01. The molecule has 0 aliphatic carbocycles. The van der Waals surface area contributed by atoms with E-state index in [4.69, 9.17) is 0 Å². The van der Waals surface area contributed by atoms with Crippen molar-refractivity contribution >= 4 is 21.4 Å². The van der Waals surface area contributed by atoms with E-state index in [1.807, 2.05) is 22.5 Å². The number of hydrogen-bond donors (Lipinski definition) is 0. The van der Waals surface area contributed by atoms with Gasteiger partial charge in [0.25, 0.3) is 0 Å². The highest BCUT2D eigenvalue weighted by Gasteiger charge is 2.35. The largest absolute Gasteiger partial charge is 0.300 e. The van der Waals surface area contributed by atoms with Crippen molar-refractivity contribution in [1.29, 1.82) is 0 Å². The maximum atomic E-state index is 12.9. The normalized spacial score (nSPS) is 26.0. The van der Waals surface area contributed by atoms with Gasteiger partial charge in [-0.3, -0.25) is 9.00 Å². The van der Waals surface area contributed by atoms with Crippen molar-refractivity contribution in [3.63, 3.8) is 0 Å². The number of carbonyl (C=O) groups excluding carboxylic acids is 1. The van der Waals surface area contributed by atoms with Crippen molar-refractivity contribution in [3.8, 4) is 0 Å². The highest BCUT2D eigenvalue weighted by atomic mass is 32.2. The third kappa shape index (κ3) is 3.63. The molecule has 114 valence electrons. The summed E-state index contributed by atoms with van der Waals surface area (Å²) in [6.45, 7) is 5.81. The quantitative estimate of drug-likeness (QED) is 0.619. The molecule has 3 nitrogen and oxygen atoms in total. The lowest BCUT2D eigenvalue weighted by molar-refractivity contribution is -0.122. The average molecular weight is 305 g/mol. The van der Waals surface area contributed by atoms with Gasteiger partial charge in [-0.05, 0) is 31.2 Å². The summed E-state index contributed by atoms with van der Waals surface area (Å²) in [5.74, 6) is 4.40. The summed E-state index contributed by atoms with van der Waals surface area (Å²) in [6, 6.07) is 10.1. The van der Waals surface area contributed by atoms with Crippen LogP contribution in [0.1, 0.15) is 31.4 Å². The first-order valence-electron chi connectivity index (χ1n) is 7.23. The molecule has 0 spiro atoms. The van der Waals surface area contributed by atoms with Crippen LogP contribution >= 0.6 is 0 Å². The monoisotopic (exact) mass is 305 g/mol. The van der Waals surface area contributed by atoms with Gasteiger partial charge in [-0.15, -0.1) is 6.58 Å². The summed E-state index contributed by atoms with van der Waals surface area (Å²) in [6.07, 6.45) is 3.32. The first kappa shape index (κ1) is 16.0. The Morgan fingerprint density at radius 2 is 2.05 bits per heavy atom. The minimum absolute atomic E-state index is 0.0441. The summed E-state index contributed by atoms with van der Waals surface area (Å²) in [5, 5.41) is 0. The Balaban J connectivity index is 2.35. The smallest absolute Gasteiger partial charge is 0.134 e. The predicted molar refractivity (Wildman–Crippen MR) is 89.6 cm³/mol. The number of hydrogen-bond acceptors (Lipinski definition) is 2. The summed E-state index contributed by atoms with van der Waals surface area (Å²) < 4.78 is 14.9. The maximum absolute atomic E-state index is 12.9. The van der Waals surface area contributed by atoms with Crippen LogP contribution in [0.3, 0.4) is 0 Å². The molecule has 1 aliphatic heterocycles. The van der Waals surface area contributed by atoms with E-state index in [9.17, 15) is 9.00 Å². The topological polar surface area (TPSA) is 37.4 Å².